The highest BCUT2D eigenvalue weighted by molar-refractivity contribution is 5.79. The molecule has 0 spiro atoms. The molecule has 3 saturated heterocycles. The van der Waals surface area contributed by atoms with Crippen LogP contribution in [0.15, 0.2) is 24.3 Å². The molecule has 9 heteroatoms. The quantitative estimate of drug-likeness (QED) is 0.813. The summed E-state index contributed by atoms with van der Waals surface area (Å²) in [4.78, 5) is 27.8. The third-order valence-corrected chi connectivity index (χ3v) is 6.25. The summed E-state index contributed by atoms with van der Waals surface area (Å²) in [5.41, 5.74) is 0.194. The maximum Gasteiger partial charge on any atom is 0.416 e. The molecule has 0 aromatic heterocycles. The van der Waals surface area contributed by atoms with Gasteiger partial charge >= 0.3 is 12.2 Å². The lowest BCUT2D eigenvalue weighted by molar-refractivity contribution is -0.140. The molecule has 3 atom stereocenters. The Morgan fingerprint density at radius 2 is 1.86 bits per heavy atom. The molecule has 3 aliphatic heterocycles. The number of nitrogens with one attached hydrogen (secondary N) is 1. The van der Waals surface area contributed by atoms with Crippen molar-refractivity contribution in [3.8, 4) is 0 Å². The van der Waals surface area contributed by atoms with E-state index in [0.717, 1.165) is 17.7 Å². The Labute approximate surface area is 167 Å². The Morgan fingerprint density at radius 3 is 2.52 bits per heavy atom. The molecular formula is C20H24F3N3O3. The maximum atomic E-state index is 12.8. The fourth-order valence-electron chi connectivity index (χ4n) is 4.31. The van der Waals surface area contributed by atoms with Crippen LogP contribution in [0, 0.1) is 5.92 Å². The van der Waals surface area contributed by atoms with E-state index in [0.29, 0.717) is 32.6 Å². The van der Waals surface area contributed by atoms with Crippen molar-refractivity contribution in [3.63, 3.8) is 0 Å². The molecule has 3 aliphatic rings. The predicted octanol–water partition coefficient (Wildman–Crippen LogP) is 2.45. The van der Waals surface area contributed by atoms with Crippen LogP contribution in [0.4, 0.5) is 18.0 Å². The van der Waals surface area contributed by atoms with Crippen LogP contribution in [-0.2, 0) is 15.7 Å². The summed E-state index contributed by atoms with van der Waals surface area (Å²) >= 11 is 0. The van der Waals surface area contributed by atoms with Crippen LogP contribution in [-0.4, -0.2) is 66.7 Å². The van der Waals surface area contributed by atoms with E-state index in [1.807, 2.05) is 6.92 Å². The summed E-state index contributed by atoms with van der Waals surface area (Å²) in [5.74, 6) is 0.124. The maximum absolute atomic E-state index is 12.8. The number of amides is 3. The first-order chi connectivity index (χ1) is 13.7. The lowest BCUT2D eigenvalue weighted by Gasteiger charge is -2.47. The standard InChI is InChI=1S/C20H24F3N3O3/c1-12(13-2-4-15(5-3-13)20(21,22)23)14-8-26(9-14)19(28)25-7-6-17-16(10-25)24-18(27)11-29-17/h2-5,12,14,16-17H,6-11H2,1H3,(H,24,27)/t12?,16?,17-/m0/s1. The molecule has 4 rings (SSSR count). The van der Waals surface area contributed by atoms with Gasteiger partial charge < -0.3 is 19.9 Å². The van der Waals surface area contributed by atoms with Gasteiger partial charge in [0.1, 0.15) is 6.61 Å². The number of halogens is 3. The second kappa shape index (κ2) is 7.51. The number of benzene rings is 1. The molecule has 1 aromatic carbocycles. The zero-order valence-electron chi connectivity index (χ0n) is 16.1. The van der Waals surface area contributed by atoms with Crippen LogP contribution in [0.25, 0.3) is 0 Å². The van der Waals surface area contributed by atoms with Gasteiger partial charge in [-0.3, -0.25) is 4.79 Å². The van der Waals surface area contributed by atoms with E-state index in [1.165, 1.54) is 12.1 Å². The van der Waals surface area contributed by atoms with E-state index in [9.17, 15) is 22.8 Å². The molecule has 158 valence electrons. The van der Waals surface area contributed by atoms with Crippen molar-refractivity contribution in [2.24, 2.45) is 5.92 Å². The summed E-state index contributed by atoms with van der Waals surface area (Å²) in [6.45, 7) is 4.24. The molecule has 0 aliphatic carbocycles. The molecule has 3 fully saturated rings. The first-order valence-corrected chi connectivity index (χ1v) is 9.84. The van der Waals surface area contributed by atoms with Crippen molar-refractivity contribution in [2.75, 3.05) is 32.8 Å². The van der Waals surface area contributed by atoms with Crippen molar-refractivity contribution in [2.45, 2.75) is 37.6 Å². The normalized spacial score (nSPS) is 26.4. The second-order valence-electron chi connectivity index (χ2n) is 8.11. The zero-order valence-corrected chi connectivity index (χ0v) is 16.1. The number of carbonyl (C=O) groups excluding carboxylic acids is 2. The first kappa shape index (κ1) is 20.0. The predicted molar refractivity (Wildman–Crippen MR) is 98.2 cm³/mol. The van der Waals surface area contributed by atoms with Gasteiger partial charge in [0.05, 0.1) is 17.7 Å². The summed E-state index contributed by atoms with van der Waals surface area (Å²) in [6.07, 6.45) is -3.69. The number of urea groups is 1. The van der Waals surface area contributed by atoms with E-state index in [4.69, 9.17) is 4.74 Å². The van der Waals surface area contributed by atoms with E-state index in [-0.39, 0.29) is 42.5 Å². The van der Waals surface area contributed by atoms with E-state index >= 15 is 0 Å². The van der Waals surface area contributed by atoms with Gasteiger partial charge in [-0.25, -0.2) is 4.79 Å². The Hall–Kier alpha value is -2.29. The lowest BCUT2D eigenvalue weighted by atomic mass is 9.82. The van der Waals surface area contributed by atoms with Gasteiger partial charge in [-0.1, -0.05) is 19.1 Å². The molecule has 1 aromatic rings. The summed E-state index contributed by atoms with van der Waals surface area (Å²) < 4.78 is 43.7. The zero-order chi connectivity index (χ0) is 20.8. The highest BCUT2D eigenvalue weighted by atomic mass is 19.4. The second-order valence-corrected chi connectivity index (χ2v) is 8.11. The topological polar surface area (TPSA) is 61.9 Å². The largest absolute Gasteiger partial charge is 0.416 e. The van der Waals surface area contributed by atoms with Gasteiger partial charge in [0.15, 0.2) is 0 Å². The smallest absolute Gasteiger partial charge is 0.366 e. The van der Waals surface area contributed by atoms with Gasteiger partial charge in [0.25, 0.3) is 0 Å². The minimum absolute atomic E-state index is 0.0411. The molecule has 0 bridgehead atoms. The molecule has 1 N–H and O–H groups in total. The molecule has 3 amide bonds. The van der Waals surface area contributed by atoms with Crippen molar-refractivity contribution < 1.29 is 27.5 Å². The van der Waals surface area contributed by atoms with Crippen molar-refractivity contribution in [1.29, 1.82) is 0 Å². The number of morpholine rings is 1. The monoisotopic (exact) mass is 411 g/mol. The number of ether oxygens (including phenoxy) is 1. The Kier molecular flexibility index (Phi) is 5.18. The van der Waals surface area contributed by atoms with Crippen LogP contribution in [0.1, 0.15) is 30.4 Å². The number of fused-ring (bicyclic) bond motifs is 1. The number of nitrogens with zero attached hydrogens (tertiary/aromatic N) is 2. The molecule has 0 radical (unpaired) electrons. The van der Waals surface area contributed by atoms with Gasteiger partial charge in [0, 0.05) is 32.1 Å². The summed E-state index contributed by atoms with van der Waals surface area (Å²) in [6, 6.07) is 5.04. The fourth-order valence-corrected chi connectivity index (χ4v) is 4.31. The minimum atomic E-state index is -4.34. The Bertz CT molecular complexity index is 777. The molecule has 2 unspecified atom stereocenters. The average Bonchev–Trinajstić information content (AvgIpc) is 2.65. The number of rotatable bonds is 2. The highest BCUT2D eigenvalue weighted by Crippen LogP contribution is 2.35. The molecule has 0 saturated carbocycles. The first-order valence-electron chi connectivity index (χ1n) is 9.84. The molecule has 29 heavy (non-hydrogen) atoms. The van der Waals surface area contributed by atoms with E-state index in [2.05, 4.69) is 5.32 Å². The van der Waals surface area contributed by atoms with Gasteiger partial charge in [-0.2, -0.15) is 13.2 Å². The van der Waals surface area contributed by atoms with E-state index < -0.39 is 11.7 Å². The van der Waals surface area contributed by atoms with Crippen molar-refractivity contribution in [3.05, 3.63) is 35.4 Å². The molecular weight excluding hydrogens is 387 g/mol. The number of piperidine rings is 1. The van der Waals surface area contributed by atoms with E-state index in [1.54, 1.807) is 9.80 Å². The number of alkyl halides is 3. The summed E-state index contributed by atoms with van der Waals surface area (Å²) in [7, 11) is 0. The number of likely N-dealkylation sites (tertiary alicyclic amines) is 2. The third kappa shape index (κ3) is 4.05. The van der Waals surface area contributed by atoms with Crippen LogP contribution in [0.5, 0.6) is 0 Å². The number of hydrogen-bond donors (Lipinski definition) is 1. The average molecular weight is 411 g/mol. The third-order valence-electron chi connectivity index (χ3n) is 6.25. The van der Waals surface area contributed by atoms with Gasteiger partial charge in [0.2, 0.25) is 5.91 Å². The Morgan fingerprint density at radius 1 is 1.17 bits per heavy atom. The summed E-state index contributed by atoms with van der Waals surface area (Å²) in [5, 5.41) is 2.89. The minimum Gasteiger partial charge on any atom is -0.366 e. The SMILES string of the molecule is CC(c1ccc(C(F)(F)F)cc1)C1CN(C(=O)N2CC[C@@H]3OCC(=O)NC3C2)C1. The Balaban J connectivity index is 1.30. The lowest BCUT2D eigenvalue weighted by Crippen LogP contribution is -2.64. The van der Waals surface area contributed by atoms with Crippen LogP contribution in [0.3, 0.4) is 0 Å². The van der Waals surface area contributed by atoms with Crippen LogP contribution < -0.4 is 5.32 Å². The van der Waals surface area contributed by atoms with Crippen LogP contribution in [0.2, 0.25) is 0 Å². The molecule has 3 heterocycles. The fraction of sp³-hybridized carbons (Fsp3) is 0.600. The van der Waals surface area contributed by atoms with Gasteiger partial charge in [-0.15, -0.1) is 0 Å². The number of hydrogen-bond acceptors (Lipinski definition) is 3. The number of carbonyl (C=O) groups is 2. The highest BCUT2D eigenvalue weighted by Gasteiger charge is 2.41. The van der Waals surface area contributed by atoms with Crippen molar-refractivity contribution in [1.82, 2.24) is 15.1 Å². The van der Waals surface area contributed by atoms with Gasteiger partial charge in [-0.05, 0) is 30.0 Å². The molecule has 6 nitrogen and oxygen atoms in total. The van der Waals surface area contributed by atoms with Crippen LogP contribution >= 0.6 is 0 Å². The van der Waals surface area contributed by atoms with Crippen molar-refractivity contribution >= 4 is 11.9 Å².